The molecule has 0 fully saturated rings. The molecule has 7 heteroatoms. The second kappa shape index (κ2) is 9.53. The van der Waals surface area contributed by atoms with E-state index in [4.69, 9.17) is 19.2 Å². The molecule has 0 unspecified atom stereocenters. The van der Waals surface area contributed by atoms with Gasteiger partial charge in [0.25, 0.3) is 5.91 Å². The lowest BCUT2D eigenvalue weighted by molar-refractivity contribution is -0.121. The number of nitriles is 1. The average molecular weight is 392 g/mol. The van der Waals surface area contributed by atoms with Crippen molar-refractivity contribution in [2.45, 2.75) is 13.0 Å². The van der Waals surface area contributed by atoms with Crippen molar-refractivity contribution in [2.24, 2.45) is 0 Å². The molecule has 3 rings (SSSR count). The summed E-state index contributed by atoms with van der Waals surface area (Å²) in [5, 5.41) is 9.62. The molecule has 0 spiro atoms. The Morgan fingerprint density at radius 2 is 1.83 bits per heavy atom. The molecule has 1 amide bonds. The van der Waals surface area contributed by atoms with Gasteiger partial charge in [-0.15, -0.1) is 0 Å². The minimum absolute atomic E-state index is 0.0177. The van der Waals surface area contributed by atoms with Crippen molar-refractivity contribution in [2.75, 3.05) is 25.2 Å². The van der Waals surface area contributed by atoms with E-state index >= 15 is 0 Å². The van der Waals surface area contributed by atoms with Gasteiger partial charge in [0.15, 0.2) is 6.61 Å². The van der Waals surface area contributed by atoms with E-state index in [1.165, 1.54) is 12.0 Å². The molecule has 1 aromatic heterocycles. The lowest BCUT2D eigenvalue weighted by atomic mass is 10.1. The maximum Gasteiger partial charge on any atom is 0.375 e. The first-order valence-electron chi connectivity index (χ1n) is 9.04. The van der Waals surface area contributed by atoms with Crippen LogP contribution in [0.3, 0.4) is 0 Å². The molecule has 0 N–H and O–H groups in total. The van der Waals surface area contributed by atoms with E-state index in [1.54, 1.807) is 36.4 Å². The second-order valence-corrected chi connectivity index (χ2v) is 6.20. The van der Waals surface area contributed by atoms with Crippen LogP contribution in [0.25, 0.3) is 11.0 Å². The van der Waals surface area contributed by atoms with Crippen molar-refractivity contribution in [3.8, 4) is 6.07 Å². The summed E-state index contributed by atoms with van der Waals surface area (Å²) in [6.07, 6.45) is 0.163. The number of fused-ring (bicyclic) bond motifs is 1. The highest BCUT2D eigenvalue weighted by Gasteiger charge is 2.24. The van der Waals surface area contributed by atoms with Gasteiger partial charge in [0.05, 0.1) is 19.1 Å². The number of carbonyl (C=O) groups is 2. The van der Waals surface area contributed by atoms with Gasteiger partial charge in [-0.1, -0.05) is 36.4 Å². The molecular weight excluding hydrogens is 372 g/mol. The zero-order chi connectivity index (χ0) is 20.6. The molecular formula is C22H20N2O5. The number of hydrogen-bond acceptors (Lipinski definition) is 6. The van der Waals surface area contributed by atoms with Gasteiger partial charge < -0.3 is 18.8 Å². The number of anilines is 1. The number of rotatable bonds is 8. The minimum atomic E-state index is -0.741. The number of hydrogen-bond donors (Lipinski definition) is 0. The Hall–Kier alpha value is -3.63. The van der Waals surface area contributed by atoms with Gasteiger partial charge >= 0.3 is 5.97 Å². The van der Waals surface area contributed by atoms with Gasteiger partial charge in [-0.2, -0.15) is 5.26 Å². The predicted octanol–water partition coefficient (Wildman–Crippen LogP) is 3.68. The third-order valence-corrected chi connectivity index (χ3v) is 4.32. The van der Waals surface area contributed by atoms with Crippen molar-refractivity contribution >= 4 is 28.5 Å². The fraction of sp³-hybridized carbons (Fsp3) is 0.227. The van der Waals surface area contributed by atoms with Crippen LogP contribution in [-0.4, -0.2) is 32.1 Å². The van der Waals surface area contributed by atoms with Gasteiger partial charge in [-0.05, 0) is 18.2 Å². The van der Waals surface area contributed by atoms with Crippen LogP contribution in [0.1, 0.15) is 22.5 Å². The Labute approximate surface area is 168 Å². The maximum atomic E-state index is 12.7. The molecule has 0 aliphatic heterocycles. The van der Waals surface area contributed by atoms with E-state index in [1.807, 2.05) is 24.3 Å². The monoisotopic (exact) mass is 392 g/mol. The number of carbonyl (C=O) groups excluding carboxylic acids is 2. The quantitative estimate of drug-likeness (QED) is 0.543. The number of esters is 1. The summed E-state index contributed by atoms with van der Waals surface area (Å²) in [7, 11) is 1.52. The second-order valence-electron chi connectivity index (χ2n) is 6.20. The minimum Gasteiger partial charge on any atom is -0.450 e. The first kappa shape index (κ1) is 20.1. The first-order chi connectivity index (χ1) is 14.2. The Morgan fingerprint density at radius 3 is 2.55 bits per heavy atom. The molecule has 3 aromatic rings. The summed E-state index contributed by atoms with van der Waals surface area (Å²) >= 11 is 0. The summed E-state index contributed by atoms with van der Waals surface area (Å²) in [4.78, 5) is 26.7. The zero-order valence-corrected chi connectivity index (χ0v) is 16.0. The van der Waals surface area contributed by atoms with Crippen molar-refractivity contribution in [1.82, 2.24) is 0 Å². The summed E-state index contributed by atoms with van der Waals surface area (Å²) < 4.78 is 16.0. The number of furan rings is 1. The molecule has 2 aromatic carbocycles. The molecule has 29 heavy (non-hydrogen) atoms. The molecule has 0 aliphatic rings. The van der Waals surface area contributed by atoms with Crippen LogP contribution < -0.4 is 4.90 Å². The Bertz CT molecular complexity index is 1040. The van der Waals surface area contributed by atoms with Crippen molar-refractivity contribution < 1.29 is 23.5 Å². The molecule has 0 radical (unpaired) electrons. The van der Waals surface area contributed by atoms with E-state index in [2.05, 4.69) is 0 Å². The molecule has 0 saturated heterocycles. The van der Waals surface area contributed by atoms with E-state index in [0.29, 0.717) is 16.8 Å². The van der Waals surface area contributed by atoms with Crippen LogP contribution >= 0.6 is 0 Å². The summed E-state index contributed by atoms with van der Waals surface area (Å²) in [6.45, 7) is -0.0905. The van der Waals surface area contributed by atoms with E-state index in [9.17, 15) is 9.59 Å². The van der Waals surface area contributed by atoms with Gasteiger partial charge in [0, 0.05) is 30.3 Å². The third kappa shape index (κ3) is 4.62. The van der Waals surface area contributed by atoms with Gasteiger partial charge in [-0.25, -0.2) is 4.79 Å². The van der Waals surface area contributed by atoms with Crippen molar-refractivity contribution in [3.05, 3.63) is 65.9 Å². The largest absolute Gasteiger partial charge is 0.450 e. The van der Waals surface area contributed by atoms with Crippen molar-refractivity contribution in [1.29, 1.82) is 5.26 Å². The number of benzene rings is 2. The molecule has 0 atom stereocenters. The summed E-state index contributed by atoms with van der Waals surface area (Å²) in [5.74, 6) is -1.15. The lowest BCUT2D eigenvalue weighted by Crippen LogP contribution is -2.35. The molecule has 148 valence electrons. The van der Waals surface area contributed by atoms with Crippen LogP contribution in [-0.2, 0) is 20.9 Å². The fourth-order valence-electron chi connectivity index (χ4n) is 2.99. The lowest BCUT2D eigenvalue weighted by Gasteiger charge is -2.21. The van der Waals surface area contributed by atoms with Gasteiger partial charge in [0.1, 0.15) is 5.58 Å². The molecule has 0 aliphatic carbocycles. The number of para-hydroxylation sites is 2. The fourth-order valence-corrected chi connectivity index (χ4v) is 2.99. The number of nitrogens with zero attached hydrogens (tertiary/aromatic N) is 2. The Kier molecular flexibility index (Phi) is 6.61. The third-order valence-electron chi connectivity index (χ3n) is 4.32. The number of ether oxygens (including phenoxy) is 2. The van der Waals surface area contributed by atoms with Crippen molar-refractivity contribution in [3.63, 3.8) is 0 Å². The highest BCUT2D eigenvalue weighted by molar-refractivity contribution is 5.99. The van der Waals surface area contributed by atoms with Crippen LogP contribution in [0.2, 0.25) is 0 Å². The van der Waals surface area contributed by atoms with Crippen LogP contribution in [0, 0.1) is 11.3 Å². The maximum absolute atomic E-state index is 12.7. The van der Waals surface area contributed by atoms with Crippen LogP contribution in [0.5, 0.6) is 0 Å². The Morgan fingerprint density at radius 1 is 1.10 bits per heavy atom. The zero-order valence-electron chi connectivity index (χ0n) is 16.0. The van der Waals surface area contributed by atoms with E-state index in [-0.39, 0.29) is 25.3 Å². The molecule has 1 heterocycles. The molecule has 7 nitrogen and oxygen atoms in total. The standard InChI is InChI=1S/C22H20N2O5/c1-27-14-18-17-10-5-6-11-19(17)29-21(18)22(26)28-15-20(25)24(13-7-12-23)16-8-3-2-4-9-16/h2-6,8-11H,7,13-15H2,1H3. The predicted molar refractivity (Wildman–Crippen MR) is 106 cm³/mol. The smallest absolute Gasteiger partial charge is 0.375 e. The normalized spacial score (nSPS) is 10.5. The molecule has 0 saturated carbocycles. The Balaban J connectivity index is 1.75. The highest BCUT2D eigenvalue weighted by Crippen LogP contribution is 2.27. The molecule has 0 bridgehead atoms. The van der Waals surface area contributed by atoms with E-state index in [0.717, 1.165) is 5.39 Å². The SMILES string of the molecule is COCc1c(C(=O)OCC(=O)N(CCC#N)c2ccccc2)oc2ccccc12. The van der Waals surface area contributed by atoms with E-state index < -0.39 is 18.5 Å². The highest BCUT2D eigenvalue weighted by atomic mass is 16.5. The van der Waals surface area contributed by atoms with Gasteiger partial charge in [-0.3, -0.25) is 4.79 Å². The van der Waals surface area contributed by atoms with Crippen LogP contribution in [0.4, 0.5) is 5.69 Å². The summed E-state index contributed by atoms with van der Waals surface area (Å²) in [6, 6.07) is 18.2. The summed E-state index contributed by atoms with van der Waals surface area (Å²) in [5.41, 5.74) is 1.75. The van der Waals surface area contributed by atoms with Gasteiger partial charge in [0.2, 0.25) is 5.76 Å². The number of amides is 1. The first-order valence-corrected chi connectivity index (χ1v) is 9.04. The average Bonchev–Trinajstić information content (AvgIpc) is 3.12. The topological polar surface area (TPSA) is 92.8 Å². The van der Waals surface area contributed by atoms with Crippen LogP contribution in [0.15, 0.2) is 59.0 Å². The number of methoxy groups -OCH3 is 1.